The largest absolute Gasteiger partial charge is 0.508 e. The Morgan fingerprint density at radius 2 is 1.57 bits per heavy atom. The van der Waals surface area contributed by atoms with E-state index in [1.54, 1.807) is 6.08 Å². The predicted octanol–water partition coefficient (Wildman–Crippen LogP) is 5.46. The van der Waals surface area contributed by atoms with Gasteiger partial charge in [-0.15, -0.1) is 11.8 Å². The third-order valence-electron chi connectivity index (χ3n) is 3.06. The third-order valence-corrected chi connectivity index (χ3v) is 4.15. The summed E-state index contributed by atoms with van der Waals surface area (Å²) in [5, 5.41) is 17.7. The summed E-state index contributed by atoms with van der Waals surface area (Å²) in [6, 6.07) is 0. The molecule has 120 valence electrons. The van der Waals surface area contributed by atoms with E-state index < -0.39 is 5.97 Å². The molecule has 0 amide bonds. The lowest BCUT2D eigenvalue weighted by Crippen LogP contribution is -1.93. The number of thioether (sulfide) groups is 1. The van der Waals surface area contributed by atoms with Gasteiger partial charge in [-0.2, -0.15) is 0 Å². The Bertz CT molecular complexity index is 359. The predicted molar refractivity (Wildman–Crippen MR) is 91.7 cm³/mol. The van der Waals surface area contributed by atoms with Crippen molar-refractivity contribution in [2.24, 2.45) is 0 Å². The summed E-state index contributed by atoms with van der Waals surface area (Å²) in [7, 11) is 0. The number of aliphatic hydroxyl groups excluding tert-OH is 1. The number of unbranched alkanes of at least 4 members (excludes halogenated alkanes) is 6. The van der Waals surface area contributed by atoms with Crippen LogP contribution >= 0.6 is 11.8 Å². The first kappa shape index (κ1) is 19.8. The molecule has 0 aliphatic carbocycles. The Labute approximate surface area is 132 Å². The molecular weight excluding hydrogens is 284 g/mol. The Hall–Kier alpha value is -1.16. The summed E-state index contributed by atoms with van der Waals surface area (Å²) in [5.41, 5.74) is 0. The van der Waals surface area contributed by atoms with E-state index in [0.29, 0.717) is 6.42 Å². The zero-order chi connectivity index (χ0) is 15.9. The number of carbonyl (C=O) groups is 1. The zero-order valence-corrected chi connectivity index (χ0v) is 13.8. The van der Waals surface area contributed by atoms with Gasteiger partial charge in [-0.3, -0.25) is 4.79 Å². The number of hydrogen-bond acceptors (Lipinski definition) is 3. The summed E-state index contributed by atoms with van der Waals surface area (Å²) in [6.45, 7) is 5.53. The van der Waals surface area contributed by atoms with Crippen LogP contribution in [0.25, 0.3) is 0 Å². The highest BCUT2D eigenvalue weighted by molar-refractivity contribution is 8.03. The number of rotatable bonds is 13. The first-order chi connectivity index (χ1) is 10.1. The van der Waals surface area contributed by atoms with Crippen LogP contribution in [0.2, 0.25) is 0 Å². The SMILES string of the molecule is C=C/C(O)=C\C=C(/C)SCCCCCCCCCC(=O)O. The Kier molecular flexibility index (Phi) is 13.0. The fraction of sp³-hybridized carbons (Fsp3) is 0.588. The van der Waals surface area contributed by atoms with Crippen molar-refractivity contribution in [3.63, 3.8) is 0 Å². The summed E-state index contributed by atoms with van der Waals surface area (Å²) in [4.78, 5) is 11.5. The summed E-state index contributed by atoms with van der Waals surface area (Å²) < 4.78 is 0. The van der Waals surface area contributed by atoms with E-state index >= 15 is 0 Å². The molecule has 0 aromatic carbocycles. The molecule has 2 N–H and O–H groups in total. The fourth-order valence-corrected chi connectivity index (χ4v) is 2.65. The molecule has 0 radical (unpaired) electrons. The molecule has 0 bridgehead atoms. The van der Waals surface area contributed by atoms with E-state index in [1.165, 1.54) is 36.7 Å². The number of aliphatic hydroxyl groups is 1. The molecule has 0 saturated heterocycles. The van der Waals surface area contributed by atoms with Gasteiger partial charge in [-0.05, 0) is 48.7 Å². The van der Waals surface area contributed by atoms with Crippen LogP contribution in [-0.2, 0) is 4.79 Å². The summed E-state index contributed by atoms with van der Waals surface area (Å²) >= 11 is 1.81. The molecule has 0 heterocycles. The van der Waals surface area contributed by atoms with Gasteiger partial charge in [0.1, 0.15) is 5.76 Å². The van der Waals surface area contributed by atoms with E-state index in [9.17, 15) is 9.90 Å². The normalized spacial score (nSPS) is 12.4. The molecule has 0 aromatic heterocycles. The van der Waals surface area contributed by atoms with Gasteiger partial charge in [0.15, 0.2) is 0 Å². The number of carboxylic acids is 1. The lowest BCUT2D eigenvalue weighted by atomic mass is 10.1. The lowest BCUT2D eigenvalue weighted by molar-refractivity contribution is -0.137. The number of hydrogen-bond donors (Lipinski definition) is 2. The first-order valence-corrected chi connectivity index (χ1v) is 8.59. The Balaban J connectivity index is 3.40. The number of aliphatic carboxylic acids is 1. The van der Waals surface area contributed by atoms with Gasteiger partial charge in [0.05, 0.1) is 0 Å². The van der Waals surface area contributed by atoms with Gasteiger partial charge in [-0.1, -0.05) is 38.7 Å². The van der Waals surface area contributed by atoms with E-state index in [2.05, 4.69) is 6.58 Å². The minimum absolute atomic E-state index is 0.192. The Morgan fingerprint density at radius 1 is 1.00 bits per heavy atom. The average molecular weight is 312 g/mol. The topological polar surface area (TPSA) is 57.5 Å². The standard InChI is InChI=1S/C17H28O3S/c1-3-16(18)13-12-15(2)21-14-10-8-6-4-5-7-9-11-17(19)20/h3,12-13,18H,1,4-11,14H2,2H3,(H,19,20)/b15-12+,16-13+. The second-order valence-electron chi connectivity index (χ2n) is 5.04. The van der Waals surface area contributed by atoms with Crippen LogP contribution in [0.5, 0.6) is 0 Å². The number of carboxylic acid groups (broad SMARTS) is 1. The molecule has 0 aromatic rings. The van der Waals surface area contributed by atoms with Crippen molar-refractivity contribution in [1.29, 1.82) is 0 Å². The van der Waals surface area contributed by atoms with Crippen LogP contribution in [0.3, 0.4) is 0 Å². The third kappa shape index (κ3) is 15.1. The zero-order valence-electron chi connectivity index (χ0n) is 13.0. The first-order valence-electron chi connectivity index (χ1n) is 7.61. The average Bonchev–Trinajstić information content (AvgIpc) is 2.46. The molecule has 0 aliphatic rings. The smallest absolute Gasteiger partial charge is 0.303 e. The molecule has 4 heteroatoms. The van der Waals surface area contributed by atoms with Crippen LogP contribution in [0.4, 0.5) is 0 Å². The maximum absolute atomic E-state index is 10.3. The van der Waals surface area contributed by atoms with Crippen LogP contribution in [0.1, 0.15) is 58.3 Å². The molecule has 21 heavy (non-hydrogen) atoms. The van der Waals surface area contributed by atoms with Gasteiger partial charge in [0.2, 0.25) is 0 Å². The van der Waals surface area contributed by atoms with Crippen molar-refractivity contribution >= 4 is 17.7 Å². The molecule has 0 saturated carbocycles. The summed E-state index contributed by atoms with van der Waals surface area (Å²) in [6.07, 6.45) is 13.1. The minimum atomic E-state index is -0.688. The lowest BCUT2D eigenvalue weighted by Gasteiger charge is -2.02. The fourth-order valence-electron chi connectivity index (χ4n) is 1.81. The van der Waals surface area contributed by atoms with Crippen LogP contribution in [-0.4, -0.2) is 21.9 Å². The molecule has 0 unspecified atom stereocenters. The highest BCUT2D eigenvalue weighted by Gasteiger charge is 1.97. The highest BCUT2D eigenvalue weighted by Crippen LogP contribution is 2.18. The quantitative estimate of drug-likeness (QED) is 0.269. The van der Waals surface area contributed by atoms with E-state index in [0.717, 1.165) is 25.0 Å². The van der Waals surface area contributed by atoms with Crippen LogP contribution in [0.15, 0.2) is 35.5 Å². The molecular formula is C17H28O3S. The minimum Gasteiger partial charge on any atom is -0.508 e. The van der Waals surface area contributed by atoms with E-state index in [1.807, 2.05) is 24.8 Å². The van der Waals surface area contributed by atoms with Gasteiger partial charge in [-0.25, -0.2) is 0 Å². The molecule has 0 fully saturated rings. The van der Waals surface area contributed by atoms with Crippen LogP contribution < -0.4 is 0 Å². The van der Waals surface area contributed by atoms with Crippen molar-refractivity contribution < 1.29 is 15.0 Å². The van der Waals surface area contributed by atoms with Crippen LogP contribution in [0, 0.1) is 0 Å². The maximum atomic E-state index is 10.3. The van der Waals surface area contributed by atoms with E-state index in [-0.39, 0.29) is 5.76 Å². The van der Waals surface area contributed by atoms with Gasteiger partial charge < -0.3 is 10.2 Å². The molecule has 0 rings (SSSR count). The molecule has 0 atom stereocenters. The van der Waals surface area contributed by atoms with Crippen molar-refractivity contribution in [3.8, 4) is 0 Å². The molecule has 0 spiro atoms. The van der Waals surface area contributed by atoms with Gasteiger partial charge >= 0.3 is 5.97 Å². The number of allylic oxidation sites excluding steroid dienone is 4. The maximum Gasteiger partial charge on any atom is 0.303 e. The Morgan fingerprint density at radius 3 is 2.14 bits per heavy atom. The van der Waals surface area contributed by atoms with Crippen molar-refractivity contribution in [1.82, 2.24) is 0 Å². The van der Waals surface area contributed by atoms with Crippen molar-refractivity contribution in [3.05, 3.63) is 35.5 Å². The van der Waals surface area contributed by atoms with Crippen molar-refractivity contribution in [2.45, 2.75) is 58.3 Å². The molecule has 0 aliphatic heterocycles. The van der Waals surface area contributed by atoms with E-state index in [4.69, 9.17) is 5.11 Å². The van der Waals surface area contributed by atoms with Gasteiger partial charge in [0, 0.05) is 6.42 Å². The van der Waals surface area contributed by atoms with Gasteiger partial charge in [0.25, 0.3) is 0 Å². The molecule has 3 nitrogen and oxygen atoms in total. The van der Waals surface area contributed by atoms with Crippen molar-refractivity contribution in [2.75, 3.05) is 5.75 Å². The highest BCUT2D eigenvalue weighted by atomic mass is 32.2. The second-order valence-corrected chi connectivity index (χ2v) is 6.38. The summed E-state index contributed by atoms with van der Waals surface area (Å²) in [5.74, 6) is 0.605. The second kappa shape index (κ2) is 13.8. The monoisotopic (exact) mass is 312 g/mol.